The van der Waals surface area contributed by atoms with Gasteiger partial charge in [0.15, 0.2) is 5.82 Å². The van der Waals surface area contributed by atoms with Gasteiger partial charge in [0.25, 0.3) is 0 Å². The van der Waals surface area contributed by atoms with Gasteiger partial charge in [-0.05, 0) is 48.9 Å². The lowest BCUT2D eigenvalue weighted by molar-refractivity contribution is 0.208. The van der Waals surface area contributed by atoms with Crippen LogP contribution in [0.25, 0.3) is 11.3 Å². The second kappa shape index (κ2) is 8.45. The van der Waals surface area contributed by atoms with E-state index in [-0.39, 0.29) is 6.03 Å². The summed E-state index contributed by atoms with van der Waals surface area (Å²) in [4.78, 5) is 20.6. The Hall–Kier alpha value is -3.19. The first kappa shape index (κ1) is 19.1. The molecule has 3 aromatic rings. The fraction of sp³-hybridized carbons (Fsp3) is 0.238. The Kier molecular flexibility index (Phi) is 5.57. The van der Waals surface area contributed by atoms with Crippen molar-refractivity contribution in [3.8, 4) is 11.3 Å². The zero-order chi connectivity index (χ0) is 20.2. The summed E-state index contributed by atoms with van der Waals surface area (Å²) >= 11 is 6.13. The van der Waals surface area contributed by atoms with Crippen molar-refractivity contribution in [1.29, 1.82) is 0 Å². The van der Waals surface area contributed by atoms with Crippen LogP contribution < -0.4 is 10.2 Å². The molecule has 1 aliphatic heterocycles. The summed E-state index contributed by atoms with van der Waals surface area (Å²) < 4.78 is 0. The fourth-order valence-electron chi connectivity index (χ4n) is 3.25. The third-order valence-electron chi connectivity index (χ3n) is 5.03. The Bertz CT molecular complexity index is 988. The predicted molar refractivity (Wildman–Crippen MR) is 114 cm³/mol. The van der Waals surface area contributed by atoms with Crippen molar-refractivity contribution in [3.05, 3.63) is 65.4 Å². The van der Waals surface area contributed by atoms with Crippen molar-refractivity contribution in [2.24, 2.45) is 0 Å². The van der Waals surface area contributed by atoms with Crippen molar-refractivity contribution in [2.45, 2.75) is 6.92 Å². The molecule has 0 radical (unpaired) electrons. The monoisotopic (exact) mass is 408 g/mol. The maximum atomic E-state index is 12.6. The van der Waals surface area contributed by atoms with Crippen LogP contribution >= 0.6 is 11.6 Å². The molecule has 1 aliphatic rings. The molecule has 1 aromatic carbocycles. The maximum absolute atomic E-state index is 12.6. The first-order chi connectivity index (χ1) is 14.1. The molecule has 1 N–H and O–H groups in total. The number of nitrogens with one attached hydrogen (secondary N) is 1. The minimum atomic E-state index is -0.117. The molecular formula is C21H21ClN6O. The van der Waals surface area contributed by atoms with Crippen LogP contribution in [0.4, 0.5) is 16.3 Å². The predicted octanol–water partition coefficient (Wildman–Crippen LogP) is 3.85. The topological polar surface area (TPSA) is 74.2 Å². The van der Waals surface area contributed by atoms with Crippen molar-refractivity contribution in [1.82, 2.24) is 20.1 Å². The Morgan fingerprint density at radius 3 is 2.45 bits per heavy atom. The molecule has 29 heavy (non-hydrogen) atoms. The van der Waals surface area contributed by atoms with Gasteiger partial charge in [0, 0.05) is 54.8 Å². The number of piperazine rings is 1. The maximum Gasteiger partial charge on any atom is 0.321 e. The van der Waals surface area contributed by atoms with E-state index in [1.807, 2.05) is 49.4 Å². The molecule has 148 valence electrons. The minimum Gasteiger partial charge on any atom is -0.352 e. The third kappa shape index (κ3) is 4.30. The number of hydrogen-bond donors (Lipinski definition) is 1. The molecule has 0 aliphatic carbocycles. The van der Waals surface area contributed by atoms with Gasteiger partial charge in [-0.25, -0.2) is 4.79 Å². The smallest absolute Gasteiger partial charge is 0.321 e. The SMILES string of the molecule is Cc1c(Cl)cccc1NC(=O)N1CCN(c2ccc(-c3ccncc3)nn2)CC1. The van der Waals surface area contributed by atoms with E-state index in [2.05, 4.69) is 25.4 Å². The Labute approximate surface area is 174 Å². The molecule has 4 rings (SSSR count). The van der Waals surface area contributed by atoms with Gasteiger partial charge >= 0.3 is 6.03 Å². The number of carbonyl (C=O) groups excluding carboxylic acids is 1. The summed E-state index contributed by atoms with van der Waals surface area (Å²) in [7, 11) is 0. The first-order valence-corrected chi connectivity index (χ1v) is 9.80. The number of pyridine rings is 1. The Morgan fingerprint density at radius 1 is 1.00 bits per heavy atom. The highest BCUT2D eigenvalue weighted by molar-refractivity contribution is 6.31. The number of nitrogens with zero attached hydrogens (tertiary/aromatic N) is 5. The van der Waals surface area contributed by atoms with Crippen LogP contribution in [0.1, 0.15) is 5.56 Å². The quantitative estimate of drug-likeness (QED) is 0.712. The number of rotatable bonds is 3. The molecule has 2 aromatic heterocycles. The molecule has 0 unspecified atom stereocenters. The number of benzene rings is 1. The van der Waals surface area contributed by atoms with E-state index in [1.165, 1.54) is 0 Å². The number of hydrogen-bond acceptors (Lipinski definition) is 5. The number of carbonyl (C=O) groups is 1. The van der Waals surface area contributed by atoms with Crippen LogP contribution in [0.5, 0.6) is 0 Å². The van der Waals surface area contributed by atoms with Gasteiger partial charge in [-0.15, -0.1) is 10.2 Å². The van der Waals surface area contributed by atoms with Gasteiger partial charge in [-0.2, -0.15) is 0 Å². The molecule has 3 heterocycles. The van der Waals surface area contributed by atoms with E-state index in [0.29, 0.717) is 31.2 Å². The Morgan fingerprint density at radius 2 is 1.76 bits per heavy atom. The molecule has 0 bridgehead atoms. The van der Waals surface area contributed by atoms with Gasteiger partial charge in [-0.1, -0.05) is 17.7 Å². The van der Waals surface area contributed by atoms with E-state index in [4.69, 9.17) is 11.6 Å². The molecule has 1 fully saturated rings. The van der Waals surface area contributed by atoms with Crippen LogP contribution in [0.3, 0.4) is 0 Å². The number of anilines is 2. The molecule has 7 nitrogen and oxygen atoms in total. The lowest BCUT2D eigenvalue weighted by atomic mass is 10.2. The molecule has 2 amide bonds. The standard InChI is InChI=1S/C21H21ClN6O/c1-15-17(22)3-2-4-18(15)24-21(29)28-13-11-27(12-14-28)20-6-5-19(25-26-20)16-7-9-23-10-8-16/h2-10H,11-14H2,1H3,(H,24,29). The number of aromatic nitrogens is 3. The van der Waals surface area contributed by atoms with Gasteiger partial charge < -0.3 is 15.1 Å². The van der Waals surface area contributed by atoms with Gasteiger partial charge in [0.1, 0.15) is 0 Å². The lowest BCUT2D eigenvalue weighted by Crippen LogP contribution is -2.50. The largest absolute Gasteiger partial charge is 0.352 e. The fourth-order valence-corrected chi connectivity index (χ4v) is 3.42. The van der Waals surface area contributed by atoms with Crippen LogP contribution in [0, 0.1) is 6.92 Å². The second-order valence-corrected chi connectivity index (χ2v) is 7.24. The van der Waals surface area contributed by atoms with E-state index >= 15 is 0 Å². The second-order valence-electron chi connectivity index (χ2n) is 6.83. The average molecular weight is 409 g/mol. The normalized spacial score (nSPS) is 14.0. The lowest BCUT2D eigenvalue weighted by Gasteiger charge is -2.35. The summed E-state index contributed by atoms with van der Waals surface area (Å²) in [5, 5.41) is 12.3. The summed E-state index contributed by atoms with van der Waals surface area (Å²) in [6, 6.07) is 13.1. The summed E-state index contributed by atoms with van der Waals surface area (Å²) in [6.45, 7) is 4.51. The summed E-state index contributed by atoms with van der Waals surface area (Å²) in [6.07, 6.45) is 3.47. The molecular weight excluding hydrogens is 388 g/mol. The molecule has 0 atom stereocenters. The van der Waals surface area contributed by atoms with Gasteiger partial charge in [0.2, 0.25) is 0 Å². The van der Waals surface area contributed by atoms with Crippen molar-refractivity contribution in [3.63, 3.8) is 0 Å². The zero-order valence-electron chi connectivity index (χ0n) is 16.0. The van der Waals surface area contributed by atoms with E-state index in [9.17, 15) is 4.79 Å². The van der Waals surface area contributed by atoms with Gasteiger partial charge in [-0.3, -0.25) is 4.98 Å². The summed E-state index contributed by atoms with van der Waals surface area (Å²) in [5.74, 6) is 0.813. The average Bonchev–Trinajstić information content (AvgIpc) is 2.78. The number of halogens is 1. The number of amides is 2. The van der Waals surface area contributed by atoms with E-state index in [0.717, 1.165) is 28.3 Å². The first-order valence-electron chi connectivity index (χ1n) is 9.42. The van der Waals surface area contributed by atoms with Gasteiger partial charge in [0.05, 0.1) is 5.69 Å². The highest BCUT2D eigenvalue weighted by Crippen LogP contribution is 2.24. The van der Waals surface area contributed by atoms with E-state index < -0.39 is 0 Å². The summed E-state index contributed by atoms with van der Waals surface area (Å²) in [5.41, 5.74) is 3.40. The minimum absolute atomic E-state index is 0.117. The highest BCUT2D eigenvalue weighted by atomic mass is 35.5. The third-order valence-corrected chi connectivity index (χ3v) is 5.44. The molecule has 0 spiro atoms. The Balaban J connectivity index is 1.35. The van der Waals surface area contributed by atoms with E-state index in [1.54, 1.807) is 17.3 Å². The highest BCUT2D eigenvalue weighted by Gasteiger charge is 2.22. The molecule has 8 heteroatoms. The van der Waals surface area contributed by atoms with Crippen LogP contribution in [-0.2, 0) is 0 Å². The van der Waals surface area contributed by atoms with Crippen molar-refractivity contribution in [2.75, 3.05) is 36.4 Å². The zero-order valence-corrected chi connectivity index (χ0v) is 16.8. The molecule has 1 saturated heterocycles. The number of urea groups is 1. The van der Waals surface area contributed by atoms with Crippen molar-refractivity contribution >= 4 is 29.1 Å². The molecule has 0 saturated carbocycles. The van der Waals surface area contributed by atoms with Crippen LogP contribution in [-0.4, -0.2) is 52.3 Å². The van der Waals surface area contributed by atoms with Crippen LogP contribution in [0.2, 0.25) is 5.02 Å². The van der Waals surface area contributed by atoms with Crippen molar-refractivity contribution < 1.29 is 4.79 Å². The van der Waals surface area contributed by atoms with Crippen LogP contribution in [0.15, 0.2) is 54.9 Å².